The Hall–Kier alpha value is -2.76. The predicted molar refractivity (Wildman–Crippen MR) is 123 cm³/mol. The summed E-state index contributed by atoms with van der Waals surface area (Å²) in [6.07, 6.45) is 0. The summed E-state index contributed by atoms with van der Waals surface area (Å²) in [5.74, 6) is 0.0207. The van der Waals surface area contributed by atoms with Gasteiger partial charge in [-0.1, -0.05) is 60.7 Å². The van der Waals surface area contributed by atoms with Crippen LogP contribution < -0.4 is 10.2 Å². The number of benzene rings is 3. The van der Waals surface area contributed by atoms with Gasteiger partial charge in [0.2, 0.25) is 5.91 Å². The number of hydrogen-bond donors (Lipinski definition) is 1. The van der Waals surface area contributed by atoms with E-state index in [4.69, 9.17) is 4.74 Å². The number of amides is 1. The van der Waals surface area contributed by atoms with Crippen LogP contribution in [0.1, 0.15) is 16.4 Å². The number of carbonyl (C=O) groups excluding carboxylic acids is 1. The molecule has 1 heterocycles. The van der Waals surface area contributed by atoms with Crippen molar-refractivity contribution in [3.63, 3.8) is 0 Å². The molecule has 1 aliphatic rings. The van der Waals surface area contributed by atoms with E-state index in [1.807, 2.05) is 60.7 Å². The summed E-state index contributed by atoms with van der Waals surface area (Å²) in [6.45, 7) is 3.91. The Labute approximate surface area is 182 Å². The minimum atomic E-state index is -0.291. The second-order valence-corrected chi connectivity index (χ2v) is 8.38. The van der Waals surface area contributed by atoms with Gasteiger partial charge in [0.15, 0.2) is 0 Å². The van der Waals surface area contributed by atoms with Gasteiger partial charge in [-0.2, -0.15) is 0 Å². The van der Waals surface area contributed by atoms with Crippen molar-refractivity contribution in [1.29, 1.82) is 0 Å². The highest BCUT2D eigenvalue weighted by Crippen LogP contribution is 2.35. The molecule has 1 aliphatic heterocycles. The number of nitrogens with zero attached hydrogens (tertiary/aromatic N) is 1. The van der Waals surface area contributed by atoms with Crippen molar-refractivity contribution in [2.45, 2.75) is 16.7 Å². The quantitative estimate of drug-likeness (QED) is 0.566. The average Bonchev–Trinajstić information content (AvgIpc) is 2.83. The van der Waals surface area contributed by atoms with Gasteiger partial charge < -0.3 is 15.0 Å². The van der Waals surface area contributed by atoms with Gasteiger partial charge >= 0.3 is 0 Å². The second kappa shape index (κ2) is 10.3. The monoisotopic (exact) mass is 418 g/mol. The van der Waals surface area contributed by atoms with Gasteiger partial charge in [0.25, 0.3) is 0 Å². The molecule has 1 fully saturated rings. The molecule has 4 rings (SSSR count). The summed E-state index contributed by atoms with van der Waals surface area (Å²) >= 11 is 1.58. The van der Waals surface area contributed by atoms with E-state index in [-0.39, 0.29) is 11.2 Å². The largest absolute Gasteiger partial charge is 0.378 e. The molecule has 3 aromatic rings. The minimum Gasteiger partial charge on any atom is -0.378 e. The summed E-state index contributed by atoms with van der Waals surface area (Å²) in [7, 11) is 0. The number of ether oxygens (including phenoxy) is 1. The van der Waals surface area contributed by atoms with Crippen molar-refractivity contribution in [3.8, 4) is 0 Å². The summed E-state index contributed by atoms with van der Waals surface area (Å²) in [5.41, 5.74) is 3.30. The summed E-state index contributed by atoms with van der Waals surface area (Å²) < 4.78 is 5.42. The number of morpholine rings is 1. The Morgan fingerprint density at radius 3 is 2.20 bits per heavy atom. The molecule has 154 valence electrons. The van der Waals surface area contributed by atoms with E-state index in [1.165, 1.54) is 5.69 Å². The first-order valence-corrected chi connectivity index (χ1v) is 11.1. The first-order valence-electron chi connectivity index (χ1n) is 10.3. The Bertz CT molecular complexity index is 926. The summed E-state index contributed by atoms with van der Waals surface area (Å²) in [6, 6.07) is 28.4. The maximum Gasteiger partial charge on any atom is 0.238 e. The Balaban J connectivity index is 1.41. The van der Waals surface area contributed by atoms with E-state index in [9.17, 15) is 4.79 Å². The van der Waals surface area contributed by atoms with Gasteiger partial charge in [0, 0.05) is 30.2 Å². The molecule has 0 bridgehead atoms. The van der Waals surface area contributed by atoms with Gasteiger partial charge in [-0.05, 0) is 35.4 Å². The molecular formula is C25H26N2O2S. The van der Waals surface area contributed by atoms with E-state index in [0.717, 1.165) is 42.3 Å². The van der Waals surface area contributed by atoms with Crippen LogP contribution in [0.25, 0.3) is 0 Å². The van der Waals surface area contributed by atoms with E-state index in [0.29, 0.717) is 6.54 Å². The topological polar surface area (TPSA) is 41.6 Å². The molecule has 5 heteroatoms. The van der Waals surface area contributed by atoms with Crippen LogP contribution in [0.2, 0.25) is 0 Å². The predicted octanol–water partition coefficient (Wildman–Crippen LogP) is 4.67. The van der Waals surface area contributed by atoms with Crippen LogP contribution in [-0.2, 0) is 16.1 Å². The fourth-order valence-corrected chi connectivity index (χ4v) is 4.53. The number of thioether (sulfide) groups is 1. The van der Waals surface area contributed by atoms with Crippen molar-refractivity contribution in [2.75, 3.05) is 31.2 Å². The van der Waals surface area contributed by atoms with Crippen LogP contribution in [0.15, 0.2) is 89.8 Å². The van der Waals surface area contributed by atoms with Gasteiger partial charge in [-0.15, -0.1) is 11.8 Å². The first kappa shape index (κ1) is 20.5. The molecule has 30 heavy (non-hydrogen) atoms. The van der Waals surface area contributed by atoms with Gasteiger partial charge in [-0.3, -0.25) is 4.79 Å². The Morgan fingerprint density at radius 2 is 1.53 bits per heavy atom. The molecule has 0 spiro atoms. The van der Waals surface area contributed by atoms with Crippen molar-refractivity contribution >= 4 is 23.4 Å². The molecule has 0 aromatic heterocycles. The van der Waals surface area contributed by atoms with Gasteiger partial charge in [0.1, 0.15) is 5.25 Å². The van der Waals surface area contributed by atoms with E-state index in [2.05, 4.69) is 34.5 Å². The molecule has 3 aromatic carbocycles. The minimum absolute atomic E-state index is 0.0207. The number of hydrogen-bond acceptors (Lipinski definition) is 4. The average molecular weight is 419 g/mol. The Morgan fingerprint density at radius 1 is 0.900 bits per heavy atom. The molecule has 1 unspecified atom stereocenters. The zero-order valence-corrected chi connectivity index (χ0v) is 17.7. The van der Waals surface area contributed by atoms with E-state index in [1.54, 1.807) is 11.8 Å². The molecular weight excluding hydrogens is 392 g/mol. The van der Waals surface area contributed by atoms with Crippen LogP contribution >= 0.6 is 11.8 Å². The van der Waals surface area contributed by atoms with Crippen molar-refractivity contribution in [1.82, 2.24) is 5.32 Å². The fourth-order valence-electron chi connectivity index (χ4n) is 3.46. The van der Waals surface area contributed by atoms with E-state index < -0.39 is 0 Å². The standard InChI is InChI=1S/C25H26N2O2S/c28-25(24(21-7-3-1-4-8-21)30-23-9-5-2-6-10-23)26-19-20-11-13-22(14-12-20)27-15-17-29-18-16-27/h1-14,24H,15-19H2,(H,26,28). The SMILES string of the molecule is O=C(NCc1ccc(N2CCOCC2)cc1)C(Sc1ccccc1)c1ccccc1. The zero-order valence-electron chi connectivity index (χ0n) is 16.9. The zero-order chi connectivity index (χ0) is 20.6. The lowest BCUT2D eigenvalue weighted by Gasteiger charge is -2.29. The number of carbonyl (C=O) groups is 1. The molecule has 1 atom stereocenters. The highest BCUT2D eigenvalue weighted by atomic mass is 32.2. The molecule has 1 saturated heterocycles. The molecule has 1 amide bonds. The smallest absolute Gasteiger partial charge is 0.238 e. The van der Waals surface area contributed by atoms with Crippen LogP contribution in [-0.4, -0.2) is 32.2 Å². The van der Waals surface area contributed by atoms with Crippen LogP contribution in [0.4, 0.5) is 5.69 Å². The lowest BCUT2D eigenvalue weighted by molar-refractivity contribution is -0.120. The number of anilines is 1. The molecule has 4 nitrogen and oxygen atoms in total. The third-order valence-corrected chi connectivity index (χ3v) is 6.38. The number of nitrogens with one attached hydrogen (secondary N) is 1. The first-order chi connectivity index (χ1) is 14.8. The lowest BCUT2D eigenvalue weighted by atomic mass is 10.1. The van der Waals surface area contributed by atoms with Gasteiger partial charge in [0.05, 0.1) is 13.2 Å². The normalized spacial score (nSPS) is 14.9. The maximum atomic E-state index is 13.1. The Kier molecular flexibility index (Phi) is 7.06. The number of rotatable bonds is 7. The molecule has 1 N–H and O–H groups in total. The highest BCUT2D eigenvalue weighted by molar-refractivity contribution is 8.00. The molecule has 0 aliphatic carbocycles. The highest BCUT2D eigenvalue weighted by Gasteiger charge is 2.21. The van der Waals surface area contributed by atoms with Crippen LogP contribution in [0.5, 0.6) is 0 Å². The maximum absolute atomic E-state index is 13.1. The van der Waals surface area contributed by atoms with Gasteiger partial charge in [-0.25, -0.2) is 0 Å². The van der Waals surface area contributed by atoms with Crippen molar-refractivity contribution in [2.24, 2.45) is 0 Å². The van der Waals surface area contributed by atoms with Crippen molar-refractivity contribution in [3.05, 3.63) is 96.1 Å². The summed E-state index contributed by atoms with van der Waals surface area (Å²) in [5, 5.41) is 2.83. The van der Waals surface area contributed by atoms with Crippen LogP contribution in [0.3, 0.4) is 0 Å². The van der Waals surface area contributed by atoms with Crippen LogP contribution in [0, 0.1) is 0 Å². The molecule has 0 saturated carbocycles. The molecule has 0 radical (unpaired) electrons. The summed E-state index contributed by atoms with van der Waals surface area (Å²) in [4.78, 5) is 16.5. The van der Waals surface area contributed by atoms with E-state index >= 15 is 0 Å². The third kappa shape index (κ3) is 5.43. The third-order valence-electron chi connectivity index (χ3n) is 5.12. The lowest BCUT2D eigenvalue weighted by Crippen LogP contribution is -2.36. The fraction of sp³-hybridized carbons (Fsp3) is 0.240. The van der Waals surface area contributed by atoms with Crippen molar-refractivity contribution < 1.29 is 9.53 Å². The second-order valence-electron chi connectivity index (χ2n) is 7.21.